The van der Waals surface area contributed by atoms with Gasteiger partial charge in [-0.05, 0) is 50.5 Å². The van der Waals surface area contributed by atoms with E-state index in [-0.39, 0.29) is 17.2 Å². The number of halogens is 1. The van der Waals surface area contributed by atoms with Gasteiger partial charge in [0.1, 0.15) is 5.82 Å². The maximum atomic E-state index is 13.9. The number of thioether (sulfide) groups is 1. The van der Waals surface area contributed by atoms with E-state index in [1.54, 1.807) is 13.0 Å². The Hall–Kier alpha value is -3.20. The molecule has 0 aliphatic heterocycles. The molecule has 0 saturated heterocycles. The molecule has 0 unspecified atom stereocenters. The molecule has 0 radical (unpaired) electrons. The van der Waals surface area contributed by atoms with Gasteiger partial charge in [-0.2, -0.15) is 0 Å². The number of rotatable bonds is 9. The molecule has 33 heavy (non-hydrogen) atoms. The monoisotopic (exact) mass is 469 g/mol. The summed E-state index contributed by atoms with van der Waals surface area (Å²) >= 11 is 1.28. The Bertz CT molecular complexity index is 1150. The van der Waals surface area contributed by atoms with Crippen LogP contribution in [0, 0.1) is 12.7 Å². The number of benzene rings is 2. The third-order valence-electron chi connectivity index (χ3n) is 5.25. The van der Waals surface area contributed by atoms with Crippen LogP contribution in [0.3, 0.4) is 0 Å². The molecule has 0 aliphatic carbocycles. The van der Waals surface area contributed by atoms with Crippen LogP contribution in [0.1, 0.15) is 54.1 Å². The van der Waals surface area contributed by atoms with Crippen LogP contribution in [-0.4, -0.2) is 32.3 Å². The van der Waals surface area contributed by atoms with Crippen molar-refractivity contribution in [2.45, 2.75) is 51.9 Å². The molecule has 3 rings (SSSR count). The molecule has 0 fully saturated rings. The number of anilines is 1. The summed E-state index contributed by atoms with van der Waals surface area (Å²) in [7, 11) is 0. The van der Waals surface area contributed by atoms with Crippen LogP contribution < -0.4 is 10.6 Å². The molecule has 2 aromatic carbocycles. The fraction of sp³-hybridized carbons (Fsp3) is 0.333. The normalized spacial score (nSPS) is 11.8. The fourth-order valence-corrected chi connectivity index (χ4v) is 4.33. The average molecular weight is 470 g/mol. The van der Waals surface area contributed by atoms with Crippen molar-refractivity contribution in [2.75, 3.05) is 11.1 Å². The van der Waals surface area contributed by atoms with Gasteiger partial charge in [0, 0.05) is 12.2 Å². The molecule has 1 aromatic heterocycles. The predicted octanol–water partition coefficient (Wildman–Crippen LogP) is 4.53. The smallest absolute Gasteiger partial charge is 0.254 e. The summed E-state index contributed by atoms with van der Waals surface area (Å²) in [4.78, 5) is 25.1. The van der Waals surface area contributed by atoms with Crippen LogP contribution in [0.2, 0.25) is 0 Å². The van der Waals surface area contributed by atoms with Gasteiger partial charge in [-0.25, -0.2) is 4.39 Å². The standard InChI is InChI=1S/C24H28FN5O2S/c1-5-17-11-9-10-15(3)21(17)27-20(31)14-33-24-29-28-22(30(24)6-2)16(4)26-23(32)18-12-7-8-13-19(18)25/h7-13,16H,5-6,14H2,1-4H3,(H,26,32)(H,27,31)/t16-/m1/s1. The summed E-state index contributed by atoms with van der Waals surface area (Å²) in [6.45, 7) is 8.28. The zero-order chi connectivity index (χ0) is 24.0. The first-order valence-electron chi connectivity index (χ1n) is 10.8. The van der Waals surface area contributed by atoms with Crippen molar-refractivity contribution in [3.8, 4) is 0 Å². The predicted molar refractivity (Wildman–Crippen MR) is 128 cm³/mol. The molecule has 0 aliphatic rings. The Kier molecular flexibility index (Phi) is 8.21. The highest BCUT2D eigenvalue weighted by Gasteiger charge is 2.21. The van der Waals surface area contributed by atoms with Crippen LogP contribution in [0.5, 0.6) is 0 Å². The average Bonchev–Trinajstić information content (AvgIpc) is 3.22. The van der Waals surface area contributed by atoms with Crippen molar-refractivity contribution in [3.05, 3.63) is 70.8 Å². The maximum absolute atomic E-state index is 13.9. The summed E-state index contributed by atoms with van der Waals surface area (Å²) in [6.07, 6.45) is 0.828. The van der Waals surface area contributed by atoms with Gasteiger partial charge in [-0.3, -0.25) is 9.59 Å². The number of carbonyl (C=O) groups is 2. The van der Waals surface area contributed by atoms with Crippen molar-refractivity contribution in [1.82, 2.24) is 20.1 Å². The number of hydrogen-bond donors (Lipinski definition) is 2. The van der Waals surface area contributed by atoms with Crippen LogP contribution in [0.4, 0.5) is 10.1 Å². The summed E-state index contributed by atoms with van der Waals surface area (Å²) < 4.78 is 15.8. The van der Waals surface area contributed by atoms with Crippen molar-refractivity contribution in [3.63, 3.8) is 0 Å². The molecule has 9 heteroatoms. The molecular formula is C24H28FN5O2S. The Morgan fingerprint density at radius 2 is 1.88 bits per heavy atom. The van der Waals surface area contributed by atoms with E-state index in [2.05, 4.69) is 27.8 Å². The topological polar surface area (TPSA) is 88.9 Å². The van der Waals surface area contributed by atoms with E-state index >= 15 is 0 Å². The van der Waals surface area contributed by atoms with E-state index in [1.165, 1.54) is 30.0 Å². The Balaban J connectivity index is 1.66. The minimum absolute atomic E-state index is 0.0270. The maximum Gasteiger partial charge on any atom is 0.254 e. The number of amides is 2. The molecule has 1 heterocycles. The molecule has 0 saturated carbocycles. The number of aryl methyl sites for hydroxylation is 2. The van der Waals surface area contributed by atoms with Crippen LogP contribution in [-0.2, 0) is 17.8 Å². The van der Waals surface area contributed by atoms with E-state index < -0.39 is 17.8 Å². The quantitative estimate of drug-likeness (QED) is 0.450. The van der Waals surface area contributed by atoms with Crippen molar-refractivity contribution in [1.29, 1.82) is 0 Å². The minimum Gasteiger partial charge on any atom is -0.342 e. The molecule has 1 atom stereocenters. The zero-order valence-electron chi connectivity index (χ0n) is 19.2. The highest BCUT2D eigenvalue weighted by molar-refractivity contribution is 7.99. The molecule has 2 amide bonds. The molecule has 0 spiro atoms. The Morgan fingerprint density at radius 3 is 2.58 bits per heavy atom. The Morgan fingerprint density at radius 1 is 1.12 bits per heavy atom. The van der Waals surface area contributed by atoms with Gasteiger partial charge in [-0.1, -0.05) is 49.0 Å². The summed E-state index contributed by atoms with van der Waals surface area (Å²) in [6, 6.07) is 11.3. The second kappa shape index (κ2) is 11.1. The number of aromatic nitrogens is 3. The lowest BCUT2D eigenvalue weighted by atomic mass is 10.1. The molecule has 2 N–H and O–H groups in total. The molecular weight excluding hydrogens is 441 g/mol. The highest BCUT2D eigenvalue weighted by Crippen LogP contribution is 2.24. The largest absolute Gasteiger partial charge is 0.342 e. The van der Waals surface area contributed by atoms with Crippen molar-refractivity contribution < 1.29 is 14.0 Å². The number of nitrogens with one attached hydrogen (secondary N) is 2. The second-order valence-corrected chi connectivity index (χ2v) is 8.50. The molecule has 174 valence electrons. The first kappa shape index (κ1) is 24.4. The lowest BCUT2D eigenvalue weighted by Gasteiger charge is -2.15. The van der Waals surface area contributed by atoms with Gasteiger partial charge in [0.15, 0.2) is 11.0 Å². The van der Waals surface area contributed by atoms with E-state index in [9.17, 15) is 14.0 Å². The van der Waals surface area contributed by atoms with Gasteiger partial charge in [-0.15, -0.1) is 10.2 Å². The minimum atomic E-state index is -0.582. The van der Waals surface area contributed by atoms with Crippen LogP contribution in [0.25, 0.3) is 0 Å². The van der Waals surface area contributed by atoms with Crippen molar-refractivity contribution >= 4 is 29.3 Å². The second-order valence-electron chi connectivity index (χ2n) is 7.56. The van der Waals surface area contributed by atoms with Crippen LogP contribution >= 0.6 is 11.8 Å². The number of nitrogens with zero attached hydrogens (tertiary/aromatic N) is 3. The third kappa shape index (κ3) is 5.78. The number of hydrogen-bond acceptors (Lipinski definition) is 5. The first-order chi connectivity index (χ1) is 15.8. The SMILES string of the molecule is CCc1cccc(C)c1NC(=O)CSc1nnc([C@@H](C)NC(=O)c2ccccc2F)n1CC. The molecule has 7 nitrogen and oxygen atoms in total. The van der Waals surface area contributed by atoms with E-state index in [1.807, 2.05) is 36.6 Å². The van der Waals surface area contributed by atoms with Gasteiger partial charge in [0.25, 0.3) is 5.91 Å². The van der Waals surface area contributed by atoms with Gasteiger partial charge in [0.05, 0.1) is 17.4 Å². The fourth-order valence-electron chi connectivity index (χ4n) is 3.52. The lowest BCUT2D eigenvalue weighted by molar-refractivity contribution is -0.113. The van der Waals surface area contributed by atoms with Gasteiger partial charge in [0.2, 0.25) is 5.91 Å². The van der Waals surface area contributed by atoms with Crippen LogP contribution in [0.15, 0.2) is 47.6 Å². The molecule has 3 aromatic rings. The summed E-state index contributed by atoms with van der Waals surface area (Å²) in [5.41, 5.74) is 2.94. The lowest BCUT2D eigenvalue weighted by Crippen LogP contribution is -2.29. The first-order valence-corrected chi connectivity index (χ1v) is 11.8. The van der Waals surface area contributed by atoms with Crippen molar-refractivity contribution in [2.24, 2.45) is 0 Å². The Labute approximate surface area is 197 Å². The number of para-hydroxylation sites is 1. The van der Waals surface area contributed by atoms with E-state index in [0.717, 1.165) is 23.2 Å². The third-order valence-corrected chi connectivity index (χ3v) is 6.22. The number of carbonyl (C=O) groups excluding carboxylic acids is 2. The van der Waals surface area contributed by atoms with E-state index in [0.29, 0.717) is 17.5 Å². The summed E-state index contributed by atoms with van der Waals surface area (Å²) in [5.74, 6) is -0.522. The van der Waals surface area contributed by atoms with E-state index in [4.69, 9.17) is 0 Å². The highest BCUT2D eigenvalue weighted by atomic mass is 32.2. The van der Waals surface area contributed by atoms with Gasteiger partial charge < -0.3 is 15.2 Å². The summed E-state index contributed by atoms with van der Waals surface area (Å²) in [5, 5.41) is 14.8. The zero-order valence-corrected chi connectivity index (χ0v) is 20.0. The molecule has 0 bridgehead atoms. The van der Waals surface area contributed by atoms with Gasteiger partial charge >= 0.3 is 0 Å².